The fourth-order valence-corrected chi connectivity index (χ4v) is 2.77. The number of halogens is 1. The normalized spacial score (nSPS) is 12.1. The Morgan fingerprint density at radius 2 is 1.64 bits per heavy atom. The van der Waals surface area contributed by atoms with Crippen molar-refractivity contribution in [3.63, 3.8) is 0 Å². The van der Waals surface area contributed by atoms with Crippen LogP contribution in [0, 0.1) is 11.7 Å². The molecule has 0 aliphatic heterocycles. The fourth-order valence-electron chi connectivity index (χ4n) is 2.77. The molecular weight excluding hydrogens is 315 g/mol. The van der Waals surface area contributed by atoms with Crippen LogP contribution < -0.4 is 10.2 Å². The molecule has 2 aromatic carbocycles. The van der Waals surface area contributed by atoms with E-state index in [9.17, 15) is 9.18 Å². The lowest BCUT2D eigenvalue weighted by atomic mass is 9.95. The number of nitrogens with zero attached hydrogens (tertiary/aromatic N) is 1. The summed E-state index contributed by atoms with van der Waals surface area (Å²) in [6.07, 6.45) is 1.14. The highest BCUT2D eigenvalue weighted by molar-refractivity contribution is 5.76. The second kappa shape index (κ2) is 8.65. The van der Waals surface area contributed by atoms with Gasteiger partial charge >= 0.3 is 0 Å². The summed E-state index contributed by atoms with van der Waals surface area (Å²) in [4.78, 5) is 14.4. The summed E-state index contributed by atoms with van der Waals surface area (Å²) in [6.45, 7) is 4.10. The Morgan fingerprint density at radius 1 is 1.04 bits per heavy atom. The van der Waals surface area contributed by atoms with Crippen LogP contribution >= 0.6 is 0 Å². The van der Waals surface area contributed by atoms with E-state index in [0.29, 0.717) is 12.8 Å². The molecule has 0 bridgehead atoms. The van der Waals surface area contributed by atoms with Crippen LogP contribution in [0.5, 0.6) is 0 Å². The Labute approximate surface area is 149 Å². The van der Waals surface area contributed by atoms with Crippen LogP contribution in [0.1, 0.15) is 37.4 Å². The van der Waals surface area contributed by atoms with Gasteiger partial charge in [0, 0.05) is 26.2 Å². The first-order valence-electron chi connectivity index (χ1n) is 8.68. The number of hydrogen-bond acceptors (Lipinski definition) is 2. The third-order valence-electron chi connectivity index (χ3n) is 4.31. The van der Waals surface area contributed by atoms with Crippen molar-refractivity contribution in [2.24, 2.45) is 5.92 Å². The molecule has 3 nitrogen and oxygen atoms in total. The summed E-state index contributed by atoms with van der Waals surface area (Å²) in [7, 11) is 4.01. The third-order valence-corrected chi connectivity index (χ3v) is 4.31. The Balaban J connectivity index is 1.94. The highest BCUT2D eigenvalue weighted by Gasteiger charge is 2.18. The number of aryl methyl sites for hydroxylation is 1. The molecule has 0 fully saturated rings. The molecule has 2 aromatic rings. The zero-order valence-corrected chi connectivity index (χ0v) is 15.4. The largest absolute Gasteiger partial charge is 0.378 e. The van der Waals surface area contributed by atoms with Gasteiger partial charge in [0.25, 0.3) is 0 Å². The highest BCUT2D eigenvalue weighted by Crippen LogP contribution is 2.22. The average molecular weight is 342 g/mol. The minimum atomic E-state index is -0.265. The molecule has 1 N–H and O–H groups in total. The van der Waals surface area contributed by atoms with Gasteiger partial charge in [-0.15, -0.1) is 0 Å². The van der Waals surface area contributed by atoms with Gasteiger partial charge in [0.15, 0.2) is 0 Å². The van der Waals surface area contributed by atoms with Gasteiger partial charge in [0.1, 0.15) is 5.82 Å². The second-order valence-corrected chi connectivity index (χ2v) is 6.90. The van der Waals surface area contributed by atoms with Crippen LogP contribution in [0.25, 0.3) is 0 Å². The molecule has 0 aromatic heterocycles. The first-order valence-corrected chi connectivity index (χ1v) is 8.68. The maximum atomic E-state index is 13.1. The summed E-state index contributed by atoms with van der Waals surface area (Å²) < 4.78 is 13.1. The predicted octanol–water partition coefficient (Wildman–Crippen LogP) is 4.34. The number of nitrogens with one attached hydrogen (secondary N) is 1. The minimum absolute atomic E-state index is 0.0136. The van der Waals surface area contributed by atoms with Gasteiger partial charge in [-0.25, -0.2) is 4.39 Å². The van der Waals surface area contributed by atoms with Crippen molar-refractivity contribution in [3.8, 4) is 0 Å². The van der Waals surface area contributed by atoms with Gasteiger partial charge < -0.3 is 10.2 Å². The van der Waals surface area contributed by atoms with E-state index < -0.39 is 0 Å². The Bertz CT molecular complexity index is 678. The number of anilines is 1. The molecule has 1 atom stereocenters. The Hall–Kier alpha value is -2.36. The van der Waals surface area contributed by atoms with E-state index in [1.807, 2.05) is 32.8 Å². The monoisotopic (exact) mass is 342 g/mol. The van der Waals surface area contributed by atoms with Crippen LogP contribution in [-0.4, -0.2) is 20.0 Å². The lowest BCUT2D eigenvalue weighted by Gasteiger charge is -2.23. The van der Waals surface area contributed by atoms with Gasteiger partial charge in [-0.1, -0.05) is 38.1 Å². The molecule has 1 amide bonds. The van der Waals surface area contributed by atoms with E-state index in [4.69, 9.17) is 0 Å². The van der Waals surface area contributed by atoms with E-state index in [1.165, 1.54) is 12.1 Å². The molecule has 0 aliphatic carbocycles. The molecule has 0 aliphatic rings. The van der Waals surface area contributed by atoms with Gasteiger partial charge in [-0.3, -0.25) is 4.79 Å². The Morgan fingerprint density at radius 3 is 2.16 bits per heavy atom. The molecule has 0 spiro atoms. The van der Waals surface area contributed by atoms with Crippen molar-refractivity contribution >= 4 is 11.6 Å². The molecule has 4 heteroatoms. The van der Waals surface area contributed by atoms with Crippen molar-refractivity contribution in [1.82, 2.24) is 5.32 Å². The van der Waals surface area contributed by atoms with Crippen molar-refractivity contribution < 1.29 is 9.18 Å². The van der Waals surface area contributed by atoms with E-state index in [1.54, 1.807) is 12.1 Å². The predicted molar refractivity (Wildman–Crippen MR) is 101 cm³/mol. The molecule has 2 rings (SSSR count). The van der Waals surface area contributed by atoms with E-state index >= 15 is 0 Å². The van der Waals surface area contributed by atoms with Gasteiger partial charge in [0.2, 0.25) is 5.91 Å². The molecule has 25 heavy (non-hydrogen) atoms. The van der Waals surface area contributed by atoms with Crippen LogP contribution in [0.4, 0.5) is 10.1 Å². The van der Waals surface area contributed by atoms with Crippen LogP contribution in [0.3, 0.4) is 0 Å². The van der Waals surface area contributed by atoms with Crippen molar-refractivity contribution in [3.05, 3.63) is 65.5 Å². The summed E-state index contributed by atoms with van der Waals surface area (Å²) >= 11 is 0. The number of carbonyl (C=O) groups excluding carboxylic acids is 1. The molecule has 0 saturated heterocycles. The second-order valence-electron chi connectivity index (χ2n) is 6.90. The number of amides is 1. The summed E-state index contributed by atoms with van der Waals surface area (Å²) in [5, 5.41) is 3.08. The summed E-state index contributed by atoms with van der Waals surface area (Å²) in [5.41, 5.74) is 3.22. The first-order chi connectivity index (χ1) is 11.9. The molecule has 134 valence electrons. The quantitative estimate of drug-likeness (QED) is 0.812. The number of hydrogen-bond donors (Lipinski definition) is 1. The van der Waals surface area contributed by atoms with Crippen LogP contribution in [0.15, 0.2) is 48.5 Å². The zero-order valence-electron chi connectivity index (χ0n) is 15.4. The summed E-state index contributed by atoms with van der Waals surface area (Å²) in [5.74, 6) is -0.0211. The van der Waals surface area contributed by atoms with E-state index in [-0.39, 0.29) is 23.7 Å². The smallest absolute Gasteiger partial charge is 0.220 e. The maximum absolute atomic E-state index is 13.1. The molecular formula is C21H27FN2O. The summed E-state index contributed by atoms with van der Waals surface area (Å²) in [6, 6.07) is 14.5. The SMILES string of the molecule is CC(C)C(NC(=O)CCc1ccc(N(C)C)cc1)c1ccc(F)cc1. The molecule has 0 saturated carbocycles. The topological polar surface area (TPSA) is 32.3 Å². The van der Waals surface area contributed by atoms with Crippen LogP contribution in [0.2, 0.25) is 0 Å². The number of carbonyl (C=O) groups is 1. The highest BCUT2D eigenvalue weighted by atomic mass is 19.1. The van der Waals surface area contributed by atoms with E-state index in [2.05, 4.69) is 29.6 Å². The van der Waals surface area contributed by atoms with E-state index in [0.717, 1.165) is 16.8 Å². The zero-order chi connectivity index (χ0) is 18.4. The molecule has 0 radical (unpaired) electrons. The molecule has 1 unspecified atom stereocenters. The van der Waals surface area contributed by atoms with Crippen molar-refractivity contribution in [1.29, 1.82) is 0 Å². The van der Waals surface area contributed by atoms with Crippen molar-refractivity contribution in [2.75, 3.05) is 19.0 Å². The lowest BCUT2D eigenvalue weighted by molar-refractivity contribution is -0.122. The molecule has 0 heterocycles. The van der Waals surface area contributed by atoms with Gasteiger partial charge in [0.05, 0.1) is 6.04 Å². The van der Waals surface area contributed by atoms with Crippen molar-refractivity contribution in [2.45, 2.75) is 32.7 Å². The van der Waals surface area contributed by atoms with Crippen LogP contribution in [-0.2, 0) is 11.2 Å². The standard InChI is InChI=1S/C21H27FN2O/c1-15(2)21(17-8-10-18(22)11-9-17)23-20(25)14-7-16-5-12-19(13-6-16)24(3)4/h5-6,8-13,15,21H,7,14H2,1-4H3,(H,23,25). The Kier molecular flexibility index (Phi) is 6.57. The minimum Gasteiger partial charge on any atom is -0.378 e. The average Bonchev–Trinajstić information content (AvgIpc) is 2.59. The maximum Gasteiger partial charge on any atom is 0.220 e. The number of rotatable bonds is 7. The third kappa shape index (κ3) is 5.59. The first kappa shape index (κ1) is 19.0. The number of benzene rings is 2. The fraction of sp³-hybridized carbons (Fsp3) is 0.381. The van der Waals surface area contributed by atoms with Gasteiger partial charge in [-0.05, 0) is 47.7 Å². The van der Waals surface area contributed by atoms with Gasteiger partial charge in [-0.2, -0.15) is 0 Å². The lowest BCUT2D eigenvalue weighted by Crippen LogP contribution is -2.31.